The van der Waals surface area contributed by atoms with Crippen LogP contribution in [0.15, 0.2) is 6.20 Å². The Hall–Kier alpha value is -1.20. The standard InChI is InChI=1S/C9H13N3O2/c1-7(14)8-4-10-9-5-11(6-13)2-3-12(8)9/h4,13H,2-3,5-6H2,1H3. The van der Waals surface area contributed by atoms with E-state index in [1.54, 1.807) is 13.1 Å². The van der Waals surface area contributed by atoms with Crippen molar-refractivity contribution >= 4 is 5.78 Å². The van der Waals surface area contributed by atoms with E-state index < -0.39 is 0 Å². The molecule has 1 aliphatic heterocycles. The molecular formula is C9H13N3O2. The highest BCUT2D eigenvalue weighted by Crippen LogP contribution is 2.13. The Balaban J connectivity index is 2.29. The quantitative estimate of drug-likeness (QED) is 0.667. The number of ketones is 1. The molecule has 0 aromatic carbocycles. The van der Waals surface area contributed by atoms with Crippen LogP contribution >= 0.6 is 0 Å². The Morgan fingerprint density at radius 1 is 1.64 bits per heavy atom. The highest BCUT2D eigenvalue weighted by molar-refractivity contribution is 5.92. The Morgan fingerprint density at radius 2 is 2.43 bits per heavy atom. The van der Waals surface area contributed by atoms with Gasteiger partial charge in [0, 0.05) is 20.0 Å². The van der Waals surface area contributed by atoms with Crippen molar-refractivity contribution in [1.82, 2.24) is 14.5 Å². The number of nitrogens with zero attached hydrogens (tertiary/aromatic N) is 3. The number of imidazole rings is 1. The first kappa shape index (κ1) is 9.36. The average Bonchev–Trinajstić information content (AvgIpc) is 2.59. The second-order valence-corrected chi connectivity index (χ2v) is 3.46. The molecule has 1 N–H and O–H groups in total. The largest absolute Gasteiger partial charge is 0.381 e. The minimum Gasteiger partial charge on any atom is -0.381 e. The number of aliphatic hydroxyl groups excluding tert-OH is 1. The van der Waals surface area contributed by atoms with Crippen LogP contribution in [-0.4, -0.2) is 38.6 Å². The molecule has 0 aliphatic carbocycles. The first-order valence-corrected chi connectivity index (χ1v) is 4.61. The number of aliphatic hydroxyl groups is 1. The van der Waals surface area contributed by atoms with Crippen LogP contribution in [0.4, 0.5) is 0 Å². The van der Waals surface area contributed by atoms with Crippen molar-refractivity contribution in [1.29, 1.82) is 0 Å². The van der Waals surface area contributed by atoms with E-state index in [4.69, 9.17) is 5.11 Å². The topological polar surface area (TPSA) is 58.4 Å². The van der Waals surface area contributed by atoms with Gasteiger partial charge in [-0.15, -0.1) is 0 Å². The summed E-state index contributed by atoms with van der Waals surface area (Å²) in [6.45, 7) is 3.69. The van der Waals surface area contributed by atoms with Crippen LogP contribution in [0.25, 0.3) is 0 Å². The van der Waals surface area contributed by atoms with Crippen molar-refractivity contribution in [2.24, 2.45) is 0 Å². The predicted octanol–water partition coefficient (Wildman–Crippen LogP) is -0.149. The van der Waals surface area contributed by atoms with Crippen LogP contribution in [0.3, 0.4) is 0 Å². The van der Waals surface area contributed by atoms with Crippen LogP contribution < -0.4 is 0 Å². The summed E-state index contributed by atoms with van der Waals surface area (Å²) >= 11 is 0. The molecule has 0 saturated heterocycles. The molecule has 0 spiro atoms. The zero-order valence-corrected chi connectivity index (χ0v) is 8.10. The molecule has 1 aromatic rings. The zero-order chi connectivity index (χ0) is 10.1. The van der Waals surface area contributed by atoms with Gasteiger partial charge in [0.05, 0.1) is 19.5 Å². The molecule has 0 fully saturated rings. The van der Waals surface area contributed by atoms with Crippen molar-refractivity contribution < 1.29 is 9.90 Å². The number of rotatable bonds is 2. The van der Waals surface area contributed by atoms with E-state index in [9.17, 15) is 4.79 Å². The van der Waals surface area contributed by atoms with Crippen molar-refractivity contribution in [3.05, 3.63) is 17.7 Å². The third kappa shape index (κ3) is 1.44. The summed E-state index contributed by atoms with van der Waals surface area (Å²) in [5.41, 5.74) is 0.664. The van der Waals surface area contributed by atoms with Gasteiger partial charge >= 0.3 is 0 Å². The molecule has 0 radical (unpaired) electrons. The Bertz CT molecular complexity index is 359. The van der Waals surface area contributed by atoms with Crippen molar-refractivity contribution in [2.75, 3.05) is 13.3 Å². The lowest BCUT2D eigenvalue weighted by atomic mass is 10.3. The maximum Gasteiger partial charge on any atom is 0.177 e. The minimum absolute atomic E-state index is 0.0428. The van der Waals surface area contributed by atoms with Crippen molar-refractivity contribution in [3.8, 4) is 0 Å². The van der Waals surface area contributed by atoms with Crippen LogP contribution in [0.2, 0.25) is 0 Å². The van der Waals surface area contributed by atoms with Gasteiger partial charge in [0.1, 0.15) is 11.5 Å². The normalized spacial score (nSPS) is 16.7. The van der Waals surface area contributed by atoms with Crippen molar-refractivity contribution in [2.45, 2.75) is 20.0 Å². The smallest absolute Gasteiger partial charge is 0.177 e. The first-order valence-electron chi connectivity index (χ1n) is 4.61. The number of carbonyl (C=O) groups excluding carboxylic acids is 1. The summed E-state index contributed by atoms with van der Waals surface area (Å²) in [7, 11) is 0. The van der Waals surface area contributed by atoms with E-state index >= 15 is 0 Å². The first-order chi connectivity index (χ1) is 6.72. The summed E-state index contributed by atoms with van der Waals surface area (Å²) in [6.07, 6.45) is 1.61. The molecule has 0 saturated carbocycles. The van der Waals surface area contributed by atoms with Crippen molar-refractivity contribution in [3.63, 3.8) is 0 Å². The Morgan fingerprint density at radius 3 is 3.07 bits per heavy atom. The highest BCUT2D eigenvalue weighted by Gasteiger charge is 2.20. The number of Topliss-reactive ketones (excluding diaryl/α,β-unsaturated/α-hetero) is 1. The van der Waals surface area contributed by atoms with Crippen LogP contribution in [-0.2, 0) is 13.1 Å². The molecule has 5 nitrogen and oxygen atoms in total. The lowest BCUT2D eigenvalue weighted by molar-refractivity contribution is 0.0803. The molecule has 0 amide bonds. The van der Waals surface area contributed by atoms with E-state index in [2.05, 4.69) is 4.98 Å². The fourth-order valence-electron chi connectivity index (χ4n) is 1.71. The van der Waals surface area contributed by atoms with E-state index in [1.807, 2.05) is 9.47 Å². The van der Waals surface area contributed by atoms with Gasteiger partial charge in [0.15, 0.2) is 5.78 Å². The summed E-state index contributed by atoms with van der Waals surface area (Å²) in [5, 5.41) is 8.95. The molecule has 0 bridgehead atoms. The molecule has 0 atom stereocenters. The fourth-order valence-corrected chi connectivity index (χ4v) is 1.71. The minimum atomic E-state index is 0.0428. The third-order valence-electron chi connectivity index (χ3n) is 2.50. The summed E-state index contributed by atoms with van der Waals surface area (Å²) < 4.78 is 1.93. The fraction of sp³-hybridized carbons (Fsp3) is 0.556. The maximum atomic E-state index is 11.2. The molecule has 1 aromatic heterocycles. The average molecular weight is 195 g/mol. The van der Waals surface area contributed by atoms with E-state index in [-0.39, 0.29) is 12.5 Å². The van der Waals surface area contributed by atoms with Gasteiger partial charge in [0.25, 0.3) is 0 Å². The van der Waals surface area contributed by atoms with Crippen LogP contribution in [0.5, 0.6) is 0 Å². The number of hydrogen-bond acceptors (Lipinski definition) is 4. The summed E-state index contributed by atoms with van der Waals surface area (Å²) in [6, 6.07) is 0. The monoisotopic (exact) mass is 195 g/mol. The number of aromatic nitrogens is 2. The highest BCUT2D eigenvalue weighted by atomic mass is 16.3. The predicted molar refractivity (Wildman–Crippen MR) is 49.7 cm³/mol. The molecule has 2 rings (SSSR count). The molecule has 14 heavy (non-hydrogen) atoms. The van der Waals surface area contributed by atoms with E-state index in [0.29, 0.717) is 12.2 Å². The summed E-state index contributed by atoms with van der Waals surface area (Å²) in [5.74, 6) is 0.900. The SMILES string of the molecule is CC(=O)c1cnc2n1CCN(CO)C2. The van der Waals surface area contributed by atoms with E-state index in [1.165, 1.54) is 0 Å². The molecule has 1 aliphatic rings. The Labute approximate surface area is 82.0 Å². The number of hydrogen-bond donors (Lipinski definition) is 1. The maximum absolute atomic E-state index is 11.2. The lowest BCUT2D eigenvalue weighted by Crippen LogP contribution is -2.35. The summed E-state index contributed by atoms with van der Waals surface area (Å²) in [4.78, 5) is 17.3. The Kier molecular flexibility index (Phi) is 2.35. The molecule has 0 unspecified atom stereocenters. The second kappa shape index (κ2) is 3.51. The van der Waals surface area contributed by atoms with E-state index in [0.717, 1.165) is 18.9 Å². The zero-order valence-electron chi connectivity index (χ0n) is 8.10. The van der Waals surface area contributed by atoms with Gasteiger partial charge in [-0.1, -0.05) is 0 Å². The van der Waals surface area contributed by atoms with Gasteiger partial charge in [-0.05, 0) is 0 Å². The molecular weight excluding hydrogens is 182 g/mol. The van der Waals surface area contributed by atoms with Crippen LogP contribution in [0.1, 0.15) is 23.2 Å². The van der Waals surface area contributed by atoms with Gasteiger partial charge in [0.2, 0.25) is 0 Å². The lowest BCUT2D eigenvalue weighted by Gasteiger charge is -2.26. The molecule has 5 heteroatoms. The van der Waals surface area contributed by atoms with Gasteiger partial charge in [-0.3, -0.25) is 9.69 Å². The van der Waals surface area contributed by atoms with Gasteiger partial charge < -0.3 is 9.67 Å². The molecule has 76 valence electrons. The third-order valence-corrected chi connectivity index (χ3v) is 2.50. The van der Waals surface area contributed by atoms with Gasteiger partial charge in [-0.25, -0.2) is 4.98 Å². The number of carbonyl (C=O) groups is 1. The second-order valence-electron chi connectivity index (χ2n) is 3.46. The van der Waals surface area contributed by atoms with Crippen LogP contribution in [0, 0.1) is 0 Å². The van der Waals surface area contributed by atoms with Gasteiger partial charge in [-0.2, -0.15) is 0 Å². The number of fused-ring (bicyclic) bond motifs is 1. The molecule has 2 heterocycles.